The third-order valence-corrected chi connectivity index (χ3v) is 2.04. The summed E-state index contributed by atoms with van der Waals surface area (Å²) in [5, 5.41) is 16.2. The second-order valence-electron chi connectivity index (χ2n) is 1.47. The summed E-state index contributed by atoms with van der Waals surface area (Å²) in [7, 11) is 0. The third kappa shape index (κ3) is 4.40. The van der Waals surface area contributed by atoms with Gasteiger partial charge in [0, 0.05) is 18.6 Å². The van der Waals surface area contributed by atoms with Crippen LogP contribution in [0.1, 0.15) is 6.92 Å². The fourth-order valence-corrected chi connectivity index (χ4v) is 0.468. The predicted octanol–water partition coefficient (Wildman–Crippen LogP) is 0.491. The molecule has 6 heteroatoms. The van der Waals surface area contributed by atoms with Crippen LogP contribution in [0.3, 0.4) is 0 Å². The monoisotopic (exact) mass is 297 g/mol. The maximum Gasteiger partial charge on any atom is 0.313 e. The maximum absolute atomic E-state index is 10.1. The van der Waals surface area contributed by atoms with Gasteiger partial charge in [-0.1, -0.05) is 0 Å². The molecule has 59 valence electrons. The van der Waals surface area contributed by atoms with Crippen LogP contribution in [0, 0.1) is 5.92 Å². The average Bonchev–Trinajstić information content (AvgIpc) is 1.84. The Morgan fingerprint density at radius 1 is 1.70 bits per heavy atom. The maximum atomic E-state index is 10.1. The van der Waals surface area contributed by atoms with Crippen molar-refractivity contribution in [1.82, 2.24) is 0 Å². The fourth-order valence-electron chi connectivity index (χ4n) is 0.180. The molecule has 4 nitrogen and oxygen atoms in total. The number of hydrogen-bond donors (Lipinski definition) is 2. The minimum absolute atomic E-state index is 0. The molecule has 0 rings (SSSR count). The number of carbonyl (C=O) groups is 1. The van der Waals surface area contributed by atoms with Crippen molar-refractivity contribution in [1.29, 1.82) is 0 Å². The van der Waals surface area contributed by atoms with Gasteiger partial charge in [-0.15, -0.1) is 22.1 Å². The van der Waals surface area contributed by atoms with Crippen LogP contribution in [0.5, 0.6) is 0 Å². The summed E-state index contributed by atoms with van der Waals surface area (Å²) in [6.07, 6.45) is 0. The summed E-state index contributed by atoms with van der Waals surface area (Å²) < 4.78 is 0.0956. The fraction of sp³-hybridized carbons (Fsp3) is 0.500. The van der Waals surface area contributed by atoms with Gasteiger partial charge in [-0.05, 0) is 6.92 Å². The van der Waals surface area contributed by atoms with E-state index in [1.807, 2.05) is 0 Å². The van der Waals surface area contributed by atoms with Gasteiger partial charge in [-0.3, -0.25) is 4.79 Å². The van der Waals surface area contributed by atoms with Crippen molar-refractivity contribution in [3.8, 4) is 0 Å². The van der Waals surface area contributed by atoms with E-state index < -0.39 is 11.9 Å². The third-order valence-electron chi connectivity index (χ3n) is 0.814. The smallest absolute Gasteiger partial charge is 0.313 e. The Bertz CT molecular complexity index is 137. The van der Waals surface area contributed by atoms with Crippen molar-refractivity contribution >= 4 is 31.8 Å². The predicted molar refractivity (Wildman–Crippen MR) is 40.9 cm³/mol. The van der Waals surface area contributed by atoms with Crippen molar-refractivity contribution in [2.45, 2.75) is 6.92 Å². The van der Waals surface area contributed by atoms with Gasteiger partial charge in [-0.2, -0.15) is 4.89 Å². The van der Waals surface area contributed by atoms with Crippen molar-refractivity contribution in [2.75, 3.05) is 0 Å². The zero-order valence-electron chi connectivity index (χ0n) is 5.14. The molecular weight excluding hydrogens is 290 g/mol. The Labute approximate surface area is 83.0 Å². The number of aliphatic carboxylic acids is 1. The first-order chi connectivity index (χ1) is 4.09. The Balaban J connectivity index is 0. The van der Waals surface area contributed by atoms with E-state index in [0.717, 1.165) is 0 Å². The molecule has 0 bridgehead atoms. The number of carboxylic acid groups (broad SMARTS) is 1. The average molecular weight is 297 g/mol. The summed E-state index contributed by atoms with van der Waals surface area (Å²) in [4.78, 5) is 13.8. The molecule has 2 N–H and O–H groups in total. The molecule has 10 heavy (non-hydrogen) atoms. The van der Waals surface area contributed by atoms with Crippen molar-refractivity contribution in [2.24, 2.45) is 5.92 Å². The Kier molecular flexibility index (Phi) is 8.30. The van der Waals surface area contributed by atoms with Gasteiger partial charge in [-0.25, -0.2) is 5.26 Å². The first kappa shape index (κ1) is 13.2. The normalized spacial score (nSPS) is 11.5. The molecule has 1 atom stereocenters. The molecule has 0 saturated carbocycles. The van der Waals surface area contributed by atoms with Gasteiger partial charge in [0.2, 0.25) is 0 Å². The topological polar surface area (TPSA) is 66.8 Å². The molecule has 0 aliphatic rings. The van der Waals surface area contributed by atoms with E-state index in [2.05, 4.69) is 4.89 Å². The Hall–Kier alpha value is 0.574. The standard InChI is InChI=1S/C4H7IO4.V/c1-2(4(6)7)3(5)9-8;/h2,5,8H,1H3,(H,6,7);. The van der Waals surface area contributed by atoms with Gasteiger partial charge >= 0.3 is 5.97 Å². The van der Waals surface area contributed by atoms with Crippen molar-refractivity contribution in [3.05, 3.63) is 0 Å². The second-order valence-corrected chi connectivity index (χ2v) is 2.62. The quantitative estimate of drug-likeness (QED) is 0.452. The minimum Gasteiger partial charge on any atom is -0.481 e. The van der Waals surface area contributed by atoms with E-state index in [1.165, 1.54) is 29.0 Å². The molecule has 0 fully saturated rings. The summed E-state index contributed by atoms with van der Waals surface area (Å²) >= 11 is 1.33. The van der Waals surface area contributed by atoms with Gasteiger partial charge < -0.3 is 5.11 Å². The van der Waals surface area contributed by atoms with Crippen LogP contribution >= 0.6 is 22.1 Å². The molecular formula is C4H7IO4V. The van der Waals surface area contributed by atoms with Gasteiger partial charge in [0.15, 0.2) is 0 Å². The first-order valence-electron chi connectivity index (χ1n) is 2.17. The molecule has 1 radical (unpaired) electrons. The molecule has 0 aromatic heterocycles. The van der Waals surface area contributed by atoms with Crippen molar-refractivity contribution in [3.63, 3.8) is 0 Å². The second kappa shape index (κ2) is 6.30. The van der Waals surface area contributed by atoms with Gasteiger partial charge in [0.25, 0.3) is 0 Å². The largest absolute Gasteiger partial charge is 0.481 e. The van der Waals surface area contributed by atoms with E-state index in [0.29, 0.717) is 0 Å². The van der Waals surface area contributed by atoms with Crippen LogP contribution in [0.4, 0.5) is 0 Å². The van der Waals surface area contributed by atoms with Crippen LogP contribution in [-0.2, 0) is 28.2 Å². The van der Waals surface area contributed by atoms with Crippen molar-refractivity contribution < 1.29 is 38.6 Å². The number of rotatable bonds is 3. The van der Waals surface area contributed by atoms with Gasteiger partial charge in [0.05, 0.1) is 0 Å². The number of halogens is 1. The van der Waals surface area contributed by atoms with Crippen LogP contribution in [0.15, 0.2) is 0 Å². The summed E-state index contributed by atoms with van der Waals surface area (Å²) in [6, 6.07) is 0. The molecule has 0 heterocycles. The molecule has 0 aliphatic carbocycles. The number of hydrogen-bond acceptors (Lipinski definition) is 3. The number of carboxylic acids is 1. The SMILES string of the molecule is CC(C(=O)O)C(=[IH])OO.[V]. The van der Waals surface area contributed by atoms with Crippen LogP contribution in [0.25, 0.3) is 0 Å². The Morgan fingerprint density at radius 3 is 2.20 bits per heavy atom. The van der Waals surface area contributed by atoms with Crippen LogP contribution < -0.4 is 0 Å². The van der Waals surface area contributed by atoms with Crippen LogP contribution in [-0.4, -0.2) is 20.0 Å². The van der Waals surface area contributed by atoms with E-state index in [9.17, 15) is 4.79 Å². The summed E-state index contributed by atoms with van der Waals surface area (Å²) in [6.45, 7) is 1.43. The molecule has 0 aliphatic heterocycles. The molecule has 0 aromatic carbocycles. The first-order valence-corrected chi connectivity index (χ1v) is 3.34. The Morgan fingerprint density at radius 2 is 2.10 bits per heavy atom. The van der Waals surface area contributed by atoms with E-state index in [-0.39, 0.29) is 22.3 Å². The molecule has 0 amide bonds. The molecule has 1 unspecified atom stereocenters. The minimum atomic E-state index is -1.01. The summed E-state index contributed by atoms with van der Waals surface area (Å²) in [5.74, 6) is -1.76. The summed E-state index contributed by atoms with van der Waals surface area (Å²) in [5.41, 5.74) is 0. The van der Waals surface area contributed by atoms with E-state index >= 15 is 0 Å². The van der Waals surface area contributed by atoms with E-state index in [4.69, 9.17) is 10.4 Å². The van der Waals surface area contributed by atoms with Crippen LogP contribution in [0.2, 0.25) is 0 Å². The molecule has 0 saturated heterocycles. The van der Waals surface area contributed by atoms with E-state index in [1.54, 1.807) is 0 Å². The molecule has 0 aromatic rings. The van der Waals surface area contributed by atoms with Gasteiger partial charge in [0.1, 0.15) is 9.61 Å². The zero-order chi connectivity index (χ0) is 7.44. The zero-order valence-corrected chi connectivity index (χ0v) is 8.87. The molecule has 0 spiro atoms.